The summed E-state index contributed by atoms with van der Waals surface area (Å²) in [6.45, 7) is 3.96. The molecule has 0 fully saturated rings. The van der Waals surface area contributed by atoms with E-state index in [0.717, 1.165) is 16.5 Å². The van der Waals surface area contributed by atoms with Crippen LogP contribution < -0.4 is 5.73 Å². The van der Waals surface area contributed by atoms with Crippen molar-refractivity contribution in [1.29, 1.82) is 0 Å². The van der Waals surface area contributed by atoms with Crippen molar-refractivity contribution >= 4 is 27.5 Å². The van der Waals surface area contributed by atoms with Crippen LogP contribution in [-0.4, -0.2) is 10.5 Å². The Morgan fingerprint density at radius 3 is 2.77 bits per heavy atom. The van der Waals surface area contributed by atoms with Gasteiger partial charge in [0.25, 0.3) is 0 Å². The van der Waals surface area contributed by atoms with Gasteiger partial charge in [0.1, 0.15) is 5.15 Å². The van der Waals surface area contributed by atoms with E-state index in [4.69, 9.17) is 17.3 Å². The van der Waals surface area contributed by atoms with Gasteiger partial charge in [-0.25, -0.2) is 4.98 Å². The molecule has 1 rings (SSSR count). The largest absolute Gasteiger partial charge is 0.325 e. The van der Waals surface area contributed by atoms with Gasteiger partial charge in [0.15, 0.2) is 0 Å². The van der Waals surface area contributed by atoms with Crippen molar-refractivity contribution in [2.75, 3.05) is 0 Å². The van der Waals surface area contributed by atoms with Crippen LogP contribution in [0.15, 0.2) is 16.7 Å². The second-order valence-electron chi connectivity index (χ2n) is 3.76. The minimum atomic E-state index is -0.229. The van der Waals surface area contributed by atoms with Crippen LogP contribution in [0.25, 0.3) is 0 Å². The van der Waals surface area contributed by atoms with E-state index in [0.29, 0.717) is 5.15 Å². The Labute approximate surface area is 91.6 Å². The van der Waals surface area contributed by atoms with E-state index in [9.17, 15) is 0 Å². The van der Waals surface area contributed by atoms with Gasteiger partial charge in [-0.2, -0.15) is 0 Å². The van der Waals surface area contributed by atoms with E-state index in [1.165, 1.54) is 0 Å². The van der Waals surface area contributed by atoms with Gasteiger partial charge < -0.3 is 5.73 Å². The quantitative estimate of drug-likeness (QED) is 0.833. The normalized spacial score (nSPS) is 11.8. The first-order valence-corrected chi connectivity index (χ1v) is 5.14. The minimum absolute atomic E-state index is 0.229. The highest BCUT2D eigenvalue weighted by molar-refractivity contribution is 9.10. The van der Waals surface area contributed by atoms with Crippen LogP contribution in [-0.2, 0) is 6.42 Å². The first-order valence-electron chi connectivity index (χ1n) is 3.97. The molecule has 0 aromatic carbocycles. The smallest absolute Gasteiger partial charge is 0.129 e. The molecule has 0 radical (unpaired) electrons. The van der Waals surface area contributed by atoms with E-state index in [1.54, 1.807) is 6.20 Å². The second kappa shape index (κ2) is 3.95. The van der Waals surface area contributed by atoms with Gasteiger partial charge in [0.05, 0.1) is 0 Å². The van der Waals surface area contributed by atoms with E-state index in [2.05, 4.69) is 20.9 Å². The summed E-state index contributed by atoms with van der Waals surface area (Å²) in [5, 5.41) is 0.502. The summed E-state index contributed by atoms with van der Waals surface area (Å²) in [5.74, 6) is 0. The van der Waals surface area contributed by atoms with Crippen molar-refractivity contribution in [3.05, 3.63) is 27.5 Å². The molecule has 0 spiro atoms. The van der Waals surface area contributed by atoms with E-state index < -0.39 is 0 Å². The summed E-state index contributed by atoms with van der Waals surface area (Å²) in [6, 6.07) is 1.83. The fourth-order valence-electron chi connectivity index (χ4n) is 1.08. The highest BCUT2D eigenvalue weighted by Crippen LogP contribution is 2.22. The zero-order chi connectivity index (χ0) is 10.1. The molecule has 72 valence electrons. The average molecular weight is 264 g/mol. The van der Waals surface area contributed by atoms with Gasteiger partial charge in [0, 0.05) is 16.2 Å². The number of pyridine rings is 1. The average Bonchev–Trinajstić information content (AvgIpc) is 1.94. The van der Waals surface area contributed by atoms with Crippen molar-refractivity contribution < 1.29 is 0 Å². The lowest BCUT2D eigenvalue weighted by atomic mass is 9.97. The molecule has 0 unspecified atom stereocenters. The van der Waals surface area contributed by atoms with Crippen molar-refractivity contribution in [2.24, 2.45) is 5.73 Å². The number of rotatable bonds is 2. The van der Waals surface area contributed by atoms with Crippen LogP contribution >= 0.6 is 27.5 Å². The summed E-state index contributed by atoms with van der Waals surface area (Å²) < 4.78 is 0.954. The van der Waals surface area contributed by atoms with Crippen LogP contribution in [0.1, 0.15) is 19.4 Å². The van der Waals surface area contributed by atoms with E-state index >= 15 is 0 Å². The molecule has 0 bridgehead atoms. The molecule has 0 aliphatic carbocycles. The van der Waals surface area contributed by atoms with Gasteiger partial charge in [-0.3, -0.25) is 0 Å². The lowest BCUT2D eigenvalue weighted by Gasteiger charge is -2.19. The molecule has 0 aliphatic rings. The first kappa shape index (κ1) is 11.0. The topological polar surface area (TPSA) is 38.9 Å². The second-order valence-corrected chi connectivity index (χ2v) is 5.01. The van der Waals surface area contributed by atoms with Gasteiger partial charge in [0.2, 0.25) is 0 Å². The third-order valence-electron chi connectivity index (χ3n) is 1.55. The lowest BCUT2D eigenvalue weighted by Crippen LogP contribution is -2.34. The molecular weight excluding hydrogens is 251 g/mol. The molecule has 0 amide bonds. The molecule has 13 heavy (non-hydrogen) atoms. The van der Waals surface area contributed by atoms with Crippen molar-refractivity contribution in [3.63, 3.8) is 0 Å². The van der Waals surface area contributed by atoms with Crippen molar-refractivity contribution in [1.82, 2.24) is 4.98 Å². The third kappa shape index (κ3) is 3.63. The van der Waals surface area contributed by atoms with Crippen LogP contribution in [0.2, 0.25) is 5.15 Å². The summed E-state index contributed by atoms with van der Waals surface area (Å²) in [4.78, 5) is 3.95. The Morgan fingerprint density at radius 1 is 1.62 bits per heavy atom. The maximum absolute atomic E-state index is 5.90. The van der Waals surface area contributed by atoms with Gasteiger partial charge in [-0.1, -0.05) is 11.6 Å². The van der Waals surface area contributed by atoms with E-state index in [-0.39, 0.29) is 5.54 Å². The van der Waals surface area contributed by atoms with Crippen molar-refractivity contribution in [3.8, 4) is 0 Å². The fraction of sp³-hybridized carbons (Fsp3) is 0.444. The van der Waals surface area contributed by atoms with Gasteiger partial charge in [-0.05, 0) is 47.8 Å². The highest BCUT2D eigenvalue weighted by atomic mass is 79.9. The summed E-state index contributed by atoms with van der Waals surface area (Å²) in [6.07, 6.45) is 2.47. The summed E-state index contributed by atoms with van der Waals surface area (Å²) in [5.41, 5.74) is 6.76. The van der Waals surface area contributed by atoms with Crippen molar-refractivity contribution in [2.45, 2.75) is 25.8 Å². The number of halogens is 2. The number of nitrogens with zero attached hydrogens (tertiary/aromatic N) is 1. The Hall–Kier alpha value is -0.120. The first-order chi connectivity index (χ1) is 5.88. The Bertz CT molecular complexity index is 307. The molecule has 1 aromatic heterocycles. The number of aromatic nitrogens is 1. The molecular formula is C9H12BrClN2. The molecule has 0 aliphatic heterocycles. The minimum Gasteiger partial charge on any atom is -0.325 e. The molecule has 0 atom stereocenters. The van der Waals surface area contributed by atoms with Crippen LogP contribution in [0.5, 0.6) is 0 Å². The van der Waals surface area contributed by atoms with Crippen LogP contribution in [0.3, 0.4) is 0 Å². The predicted molar refractivity (Wildman–Crippen MR) is 58.9 cm³/mol. The molecule has 2 N–H and O–H groups in total. The third-order valence-corrected chi connectivity index (χ3v) is 2.47. The summed E-state index contributed by atoms with van der Waals surface area (Å²) >= 11 is 9.18. The van der Waals surface area contributed by atoms with Crippen LogP contribution in [0.4, 0.5) is 0 Å². The standard InChI is InChI=1S/C9H12BrClN2/c1-9(2,12)4-6-3-8(11)13-5-7(6)10/h3,5H,4,12H2,1-2H3. The Balaban J connectivity index is 2.94. The zero-order valence-electron chi connectivity index (χ0n) is 7.64. The van der Waals surface area contributed by atoms with Crippen LogP contribution in [0, 0.1) is 0 Å². The van der Waals surface area contributed by atoms with E-state index in [1.807, 2.05) is 19.9 Å². The lowest BCUT2D eigenvalue weighted by molar-refractivity contribution is 0.515. The Morgan fingerprint density at radius 2 is 2.23 bits per heavy atom. The molecule has 1 heterocycles. The molecule has 0 saturated carbocycles. The molecule has 1 aromatic rings. The number of hydrogen-bond donors (Lipinski definition) is 1. The number of hydrogen-bond acceptors (Lipinski definition) is 2. The monoisotopic (exact) mass is 262 g/mol. The van der Waals surface area contributed by atoms with Gasteiger partial charge in [-0.15, -0.1) is 0 Å². The zero-order valence-corrected chi connectivity index (χ0v) is 9.98. The number of nitrogens with two attached hydrogens (primary N) is 1. The SMILES string of the molecule is CC(C)(N)Cc1cc(Cl)ncc1Br. The maximum Gasteiger partial charge on any atom is 0.129 e. The Kier molecular flexibility index (Phi) is 3.33. The fourth-order valence-corrected chi connectivity index (χ4v) is 1.62. The highest BCUT2D eigenvalue weighted by Gasteiger charge is 2.14. The molecule has 2 nitrogen and oxygen atoms in total. The molecule has 4 heteroatoms. The predicted octanol–water partition coefficient (Wildman–Crippen LogP) is 2.78. The molecule has 0 saturated heterocycles. The summed E-state index contributed by atoms with van der Waals surface area (Å²) in [7, 11) is 0. The maximum atomic E-state index is 5.90. The van der Waals surface area contributed by atoms with Gasteiger partial charge >= 0.3 is 0 Å².